The number of piperazine rings is 1. The van der Waals surface area contributed by atoms with Crippen LogP contribution in [0.2, 0.25) is 0 Å². The third kappa shape index (κ3) is 4.23. The number of aromatic nitrogens is 7. The molecule has 10 heteroatoms. The van der Waals surface area contributed by atoms with Crippen molar-refractivity contribution in [2.75, 3.05) is 31.1 Å². The van der Waals surface area contributed by atoms with Crippen molar-refractivity contribution >= 4 is 34.1 Å². The van der Waals surface area contributed by atoms with E-state index in [-0.39, 0.29) is 5.91 Å². The molecule has 1 saturated heterocycles. The van der Waals surface area contributed by atoms with Crippen molar-refractivity contribution in [1.82, 2.24) is 39.1 Å². The van der Waals surface area contributed by atoms with Crippen molar-refractivity contribution in [2.45, 2.75) is 19.3 Å². The minimum absolute atomic E-state index is 0.181. The van der Waals surface area contributed by atoms with Gasteiger partial charge in [0, 0.05) is 56.2 Å². The van der Waals surface area contributed by atoms with Crippen molar-refractivity contribution in [3.63, 3.8) is 0 Å². The molecule has 4 aromatic heterocycles. The van der Waals surface area contributed by atoms with Gasteiger partial charge >= 0.3 is 0 Å². The lowest BCUT2D eigenvalue weighted by molar-refractivity contribution is -0.131. The fourth-order valence-corrected chi connectivity index (χ4v) is 5.33. The Kier molecular flexibility index (Phi) is 5.84. The van der Waals surface area contributed by atoms with Gasteiger partial charge in [0.1, 0.15) is 11.6 Å². The molecule has 0 saturated carbocycles. The lowest BCUT2D eigenvalue weighted by atomic mass is 10.2. The smallest absolute Gasteiger partial charge is 0.258 e. The van der Waals surface area contributed by atoms with E-state index in [0.717, 1.165) is 46.8 Å². The average molecular weight is 518 g/mol. The predicted molar refractivity (Wildman–Crippen MR) is 148 cm³/mol. The van der Waals surface area contributed by atoms with Gasteiger partial charge in [0.25, 0.3) is 5.78 Å². The largest absolute Gasteiger partial charge is 0.353 e. The van der Waals surface area contributed by atoms with Crippen LogP contribution in [0.25, 0.3) is 33.7 Å². The number of rotatable bonds is 6. The Morgan fingerprint density at radius 3 is 2.46 bits per heavy atom. The lowest BCUT2D eigenvalue weighted by Gasteiger charge is -2.35. The molecule has 1 amide bonds. The molecule has 39 heavy (non-hydrogen) atoms. The summed E-state index contributed by atoms with van der Waals surface area (Å²) < 4.78 is 3.81. The molecule has 2 aromatic carbocycles. The van der Waals surface area contributed by atoms with E-state index in [4.69, 9.17) is 10.1 Å². The Hall–Kier alpha value is -4.86. The molecule has 1 aliphatic rings. The number of fused-ring (bicyclic) bond motifs is 6. The second-order valence-electron chi connectivity index (χ2n) is 9.71. The molecule has 0 bridgehead atoms. The van der Waals surface area contributed by atoms with Gasteiger partial charge in [0.15, 0.2) is 11.5 Å². The number of para-hydroxylation sites is 1. The number of hydrogen-bond acceptors (Lipinski definition) is 7. The molecule has 1 aliphatic heterocycles. The summed E-state index contributed by atoms with van der Waals surface area (Å²) in [5, 5.41) is 14.8. The first kappa shape index (κ1) is 23.3. The highest BCUT2D eigenvalue weighted by Crippen LogP contribution is 2.25. The number of hydrogen-bond donors (Lipinski definition) is 0. The van der Waals surface area contributed by atoms with Gasteiger partial charge in [-0.3, -0.25) is 9.20 Å². The van der Waals surface area contributed by atoms with Crippen LogP contribution >= 0.6 is 0 Å². The summed E-state index contributed by atoms with van der Waals surface area (Å²) in [5.41, 5.74) is 2.67. The second-order valence-corrected chi connectivity index (χ2v) is 9.71. The van der Waals surface area contributed by atoms with Crippen LogP contribution in [-0.4, -0.2) is 71.2 Å². The SMILES string of the molecule is O=C(CCCc1nnc2n3nc(-c4ccccc4)nc3c3ccccc3n12)N1CCN(c2ccccn2)CC1. The van der Waals surface area contributed by atoms with E-state index >= 15 is 0 Å². The summed E-state index contributed by atoms with van der Waals surface area (Å²) in [5.74, 6) is 3.22. The molecule has 0 unspecified atom stereocenters. The second kappa shape index (κ2) is 9.79. The normalized spacial score (nSPS) is 14.1. The highest BCUT2D eigenvalue weighted by Gasteiger charge is 2.22. The lowest BCUT2D eigenvalue weighted by Crippen LogP contribution is -2.49. The number of nitrogens with zero attached hydrogens (tertiary/aromatic N) is 9. The summed E-state index contributed by atoms with van der Waals surface area (Å²) in [7, 11) is 0. The monoisotopic (exact) mass is 517 g/mol. The summed E-state index contributed by atoms with van der Waals surface area (Å²) in [6.07, 6.45) is 3.61. The zero-order chi connectivity index (χ0) is 26.2. The van der Waals surface area contributed by atoms with E-state index in [0.29, 0.717) is 44.0 Å². The number of anilines is 1. The minimum atomic E-state index is 0.181. The van der Waals surface area contributed by atoms with Gasteiger partial charge in [-0.2, -0.15) is 4.52 Å². The van der Waals surface area contributed by atoms with E-state index in [2.05, 4.69) is 26.1 Å². The van der Waals surface area contributed by atoms with Crippen molar-refractivity contribution in [2.24, 2.45) is 0 Å². The van der Waals surface area contributed by atoms with Gasteiger partial charge in [-0.25, -0.2) is 9.97 Å². The first-order chi connectivity index (χ1) is 19.3. The van der Waals surface area contributed by atoms with E-state index in [1.807, 2.05) is 76.0 Å². The summed E-state index contributed by atoms with van der Waals surface area (Å²) in [6.45, 7) is 3.01. The third-order valence-electron chi connectivity index (χ3n) is 7.32. The van der Waals surface area contributed by atoms with Crippen molar-refractivity contribution < 1.29 is 4.79 Å². The minimum Gasteiger partial charge on any atom is -0.353 e. The van der Waals surface area contributed by atoms with Crippen LogP contribution in [0.3, 0.4) is 0 Å². The van der Waals surface area contributed by atoms with Gasteiger partial charge < -0.3 is 9.80 Å². The third-order valence-corrected chi connectivity index (χ3v) is 7.32. The van der Waals surface area contributed by atoms with Crippen molar-refractivity contribution in [3.05, 3.63) is 84.8 Å². The molecular formula is C29H27N9O. The Morgan fingerprint density at radius 2 is 1.64 bits per heavy atom. The summed E-state index contributed by atoms with van der Waals surface area (Å²) >= 11 is 0. The van der Waals surface area contributed by atoms with Gasteiger partial charge in [0.2, 0.25) is 5.91 Å². The van der Waals surface area contributed by atoms with Crippen LogP contribution in [0.4, 0.5) is 5.82 Å². The predicted octanol–water partition coefficient (Wildman–Crippen LogP) is 3.66. The van der Waals surface area contributed by atoms with Crippen LogP contribution in [0, 0.1) is 0 Å². The topological polar surface area (TPSA) is 96.8 Å². The maximum Gasteiger partial charge on any atom is 0.258 e. The number of pyridine rings is 1. The first-order valence-corrected chi connectivity index (χ1v) is 13.3. The zero-order valence-electron chi connectivity index (χ0n) is 21.4. The molecule has 1 fully saturated rings. The molecular weight excluding hydrogens is 490 g/mol. The van der Waals surface area contributed by atoms with E-state index in [1.54, 1.807) is 10.7 Å². The van der Waals surface area contributed by atoms with Crippen LogP contribution in [0.5, 0.6) is 0 Å². The number of amides is 1. The Morgan fingerprint density at radius 1 is 0.846 bits per heavy atom. The Balaban J connectivity index is 1.10. The summed E-state index contributed by atoms with van der Waals surface area (Å²) in [4.78, 5) is 26.4. The molecule has 194 valence electrons. The summed E-state index contributed by atoms with van der Waals surface area (Å²) in [6, 6.07) is 24.0. The first-order valence-electron chi connectivity index (χ1n) is 13.3. The maximum atomic E-state index is 13.0. The van der Waals surface area contributed by atoms with Gasteiger partial charge in [-0.1, -0.05) is 48.5 Å². The van der Waals surface area contributed by atoms with E-state index in [9.17, 15) is 4.79 Å². The Bertz CT molecular complexity index is 1770. The van der Waals surface area contributed by atoms with E-state index < -0.39 is 0 Å². The quantitative estimate of drug-likeness (QED) is 0.333. The number of carbonyl (C=O) groups is 1. The maximum absolute atomic E-state index is 13.0. The molecule has 10 nitrogen and oxygen atoms in total. The molecule has 0 aliphatic carbocycles. The number of aryl methyl sites for hydroxylation is 1. The van der Waals surface area contributed by atoms with Gasteiger partial charge in [-0.15, -0.1) is 15.3 Å². The molecule has 5 heterocycles. The molecule has 0 radical (unpaired) electrons. The zero-order valence-corrected chi connectivity index (χ0v) is 21.4. The van der Waals surface area contributed by atoms with Crippen LogP contribution in [-0.2, 0) is 11.2 Å². The fourth-order valence-electron chi connectivity index (χ4n) is 5.33. The standard InChI is InChI=1S/C29H27N9O/c39-26(36-19-17-35(18-20-36)24-13-6-7-16-30-24)15-8-14-25-32-33-29-37(25)23-12-5-4-11-22(23)28-31-27(34-38(28)29)21-9-2-1-3-10-21/h1-7,9-13,16H,8,14-15,17-20H2. The van der Waals surface area contributed by atoms with Crippen LogP contribution in [0.15, 0.2) is 79.0 Å². The van der Waals surface area contributed by atoms with Gasteiger partial charge in [-0.05, 0) is 30.7 Å². The number of carbonyl (C=O) groups excluding carboxylic acids is 1. The molecule has 7 rings (SSSR count). The highest BCUT2D eigenvalue weighted by molar-refractivity contribution is 5.94. The molecule has 0 N–H and O–H groups in total. The molecule has 6 aromatic rings. The fraction of sp³-hybridized carbons (Fsp3) is 0.241. The van der Waals surface area contributed by atoms with Crippen molar-refractivity contribution in [3.8, 4) is 11.4 Å². The Labute approximate surface area is 224 Å². The van der Waals surface area contributed by atoms with Gasteiger partial charge in [0.05, 0.1) is 5.52 Å². The van der Waals surface area contributed by atoms with Crippen LogP contribution < -0.4 is 4.90 Å². The van der Waals surface area contributed by atoms with Crippen molar-refractivity contribution in [1.29, 1.82) is 0 Å². The average Bonchev–Trinajstić information content (AvgIpc) is 3.64. The molecule has 0 spiro atoms. The molecule has 0 atom stereocenters. The number of benzene rings is 2. The highest BCUT2D eigenvalue weighted by atomic mass is 16.2. The van der Waals surface area contributed by atoms with Crippen LogP contribution in [0.1, 0.15) is 18.7 Å². The van der Waals surface area contributed by atoms with E-state index in [1.165, 1.54) is 0 Å².